The summed E-state index contributed by atoms with van der Waals surface area (Å²) in [4.78, 5) is 25.4. The van der Waals surface area contributed by atoms with Crippen molar-refractivity contribution in [3.8, 4) is 5.75 Å². The number of aliphatic carboxylic acids is 1. The minimum atomic E-state index is -1.03. The first-order chi connectivity index (χ1) is 16.7. The maximum absolute atomic E-state index is 13.6. The minimum Gasteiger partial charge on any atom is -0.493 e. The van der Waals surface area contributed by atoms with Crippen molar-refractivity contribution in [3.63, 3.8) is 0 Å². The quantitative estimate of drug-likeness (QED) is 0.154. The van der Waals surface area contributed by atoms with Crippen molar-refractivity contribution < 1.29 is 19.4 Å². The van der Waals surface area contributed by atoms with Crippen molar-refractivity contribution in [1.29, 1.82) is 10.8 Å². The summed E-state index contributed by atoms with van der Waals surface area (Å²) in [5, 5.41) is 24.8. The van der Waals surface area contributed by atoms with Gasteiger partial charge in [0.15, 0.2) is 5.78 Å². The second-order valence-corrected chi connectivity index (χ2v) is 8.26. The number of nitrogens with two attached hydrogens (primary N) is 2. The lowest BCUT2D eigenvalue weighted by atomic mass is 9.80. The Bertz CT molecular complexity index is 1210. The highest BCUT2D eigenvalue weighted by molar-refractivity contribution is 6.00. The number of hydrogen-bond acceptors (Lipinski definition) is 5. The topological polar surface area (TPSA) is 163 Å². The van der Waals surface area contributed by atoms with E-state index in [-0.39, 0.29) is 30.5 Å². The van der Waals surface area contributed by atoms with Gasteiger partial charge in [-0.2, -0.15) is 0 Å². The van der Waals surface area contributed by atoms with Crippen LogP contribution in [0.15, 0.2) is 78.9 Å². The Balaban J connectivity index is 1.92. The van der Waals surface area contributed by atoms with Crippen LogP contribution in [0.5, 0.6) is 5.75 Å². The summed E-state index contributed by atoms with van der Waals surface area (Å²) in [6.45, 7) is -0.0115. The fraction of sp³-hybridized carbons (Fsp3) is 0.185. The van der Waals surface area contributed by atoms with E-state index in [9.17, 15) is 14.7 Å². The predicted molar refractivity (Wildman–Crippen MR) is 134 cm³/mol. The fourth-order valence-electron chi connectivity index (χ4n) is 3.87. The zero-order valence-electron chi connectivity index (χ0n) is 19.1. The van der Waals surface area contributed by atoms with Crippen molar-refractivity contribution in [2.75, 3.05) is 6.61 Å². The minimum absolute atomic E-state index is 0.0115. The SMILES string of the molecule is N=C(N)c1ccc(C(=O)C(Cc2ccccc2)[C@@H](COc2cccc(C(=N)N)c2)CC(=O)O)cc1. The second-order valence-electron chi connectivity index (χ2n) is 8.26. The van der Waals surface area contributed by atoms with Crippen LogP contribution in [-0.4, -0.2) is 35.1 Å². The molecule has 1 unspecified atom stereocenters. The first kappa shape index (κ1) is 25.2. The standard InChI is InChI=1S/C27H28N4O4/c28-26(29)19-11-9-18(10-12-19)25(34)23(13-17-5-2-1-3-6-17)21(15-24(32)33)16-35-22-8-4-7-20(14-22)27(30)31/h1-12,14,21,23H,13,15-16H2,(H3,28,29)(H3,30,31)(H,32,33)/t21-,23?/m1/s1. The maximum Gasteiger partial charge on any atom is 0.303 e. The van der Waals surface area contributed by atoms with Gasteiger partial charge in [0, 0.05) is 28.5 Å². The van der Waals surface area contributed by atoms with Gasteiger partial charge in [0.05, 0.1) is 13.0 Å². The smallest absolute Gasteiger partial charge is 0.303 e. The summed E-state index contributed by atoms with van der Waals surface area (Å²) < 4.78 is 5.90. The van der Waals surface area contributed by atoms with Gasteiger partial charge in [0.1, 0.15) is 17.4 Å². The van der Waals surface area contributed by atoms with E-state index in [0.717, 1.165) is 5.56 Å². The second kappa shape index (κ2) is 11.6. The van der Waals surface area contributed by atoms with Crippen LogP contribution in [0.25, 0.3) is 0 Å². The van der Waals surface area contributed by atoms with Gasteiger partial charge in [0.2, 0.25) is 0 Å². The fourth-order valence-corrected chi connectivity index (χ4v) is 3.87. The van der Waals surface area contributed by atoms with Crippen LogP contribution in [0.2, 0.25) is 0 Å². The van der Waals surface area contributed by atoms with Gasteiger partial charge in [-0.25, -0.2) is 0 Å². The van der Waals surface area contributed by atoms with Crippen LogP contribution in [-0.2, 0) is 11.2 Å². The number of carbonyl (C=O) groups is 2. The highest BCUT2D eigenvalue weighted by Crippen LogP contribution is 2.27. The van der Waals surface area contributed by atoms with Crippen molar-refractivity contribution in [3.05, 3.63) is 101 Å². The Labute approximate surface area is 203 Å². The average molecular weight is 473 g/mol. The van der Waals surface area contributed by atoms with Gasteiger partial charge in [0.25, 0.3) is 0 Å². The van der Waals surface area contributed by atoms with Crippen LogP contribution in [0.4, 0.5) is 0 Å². The predicted octanol–water partition coefficient (Wildman–Crippen LogP) is 3.47. The van der Waals surface area contributed by atoms with Gasteiger partial charge in [-0.15, -0.1) is 0 Å². The van der Waals surface area contributed by atoms with E-state index >= 15 is 0 Å². The van der Waals surface area contributed by atoms with E-state index in [1.807, 2.05) is 30.3 Å². The highest BCUT2D eigenvalue weighted by atomic mass is 16.5. The molecule has 8 heteroatoms. The van der Waals surface area contributed by atoms with Crippen LogP contribution < -0.4 is 16.2 Å². The van der Waals surface area contributed by atoms with Gasteiger partial charge in [-0.1, -0.05) is 66.7 Å². The largest absolute Gasteiger partial charge is 0.493 e. The lowest BCUT2D eigenvalue weighted by Gasteiger charge is -2.26. The molecule has 180 valence electrons. The number of Topliss-reactive ketones (excluding diaryl/α,β-unsaturated/α-hetero) is 1. The number of benzene rings is 3. The van der Waals surface area contributed by atoms with Crippen LogP contribution in [0.1, 0.15) is 33.5 Å². The molecule has 2 atom stereocenters. The number of ketones is 1. The molecule has 0 amide bonds. The number of hydrogen-bond donors (Lipinski definition) is 5. The normalized spacial score (nSPS) is 12.3. The highest BCUT2D eigenvalue weighted by Gasteiger charge is 2.32. The van der Waals surface area contributed by atoms with Crippen molar-refractivity contribution in [1.82, 2.24) is 0 Å². The Morgan fingerprint density at radius 3 is 2.06 bits per heavy atom. The molecule has 0 heterocycles. The first-order valence-corrected chi connectivity index (χ1v) is 11.1. The monoisotopic (exact) mass is 472 g/mol. The van der Waals surface area contributed by atoms with E-state index in [2.05, 4.69) is 0 Å². The van der Waals surface area contributed by atoms with Gasteiger partial charge < -0.3 is 21.3 Å². The molecule has 0 aliphatic heterocycles. The summed E-state index contributed by atoms with van der Waals surface area (Å²) in [5.41, 5.74) is 13.4. The van der Waals surface area contributed by atoms with Gasteiger partial charge in [-0.3, -0.25) is 20.4 Å². The number of ether oxygens (including phenoxy) is 1. The summed E-state index contributed by atoms with van der Waals surface area (Å²) in [5.74, 6) is -2.32. The van der Waals surface area contributed by atoms with E-state index in [4.69, 9.17) is 27.0 Å². The molecule has 0 bridgehead atoms. The van der Waals surface area contributed by atoms with Crippen molar-refractivity contribution in [2.45, 2.75) is 12.8 Å². The Morgan fingerprint density at radius 1 is 0.829 bits per heavy atom. The van der Waals surface area contributed by atoms with E-state index < -0.39 is 17.8 Å². The zero-order valence-corrected chi connectivity index (χ0v) is 19.1. The molecule has 0 saturated carbocycles. The third kappa shape index (κ3) is 7.01. The Hall–Kier alpha value is -4.46. The number of rotatable bonds is 12. The van der Waals surface area contributed by atoms with Crippen LogP contribution in [0, 0.1) is 22.7 Å². The molecular weight excluding hydrogens is 444 g/mol. The van der Waals surface area contributed by atoms with Gasteiger partial charge >= 0.3 is 5.97 Å². The molecule has 35 heavy (non-hydrogen) atoms. The van der Waals surface area contributed by atoms with Crippen LogP contribution >= 0.6 is 0 Å². The molecule has 0 aromatic heterocycles. The molecule has 3 aromatic carbocycles. The Morgan fingerprint density at radius 2 is 1.46 bits per heavy atom. The molecule has 0 aliphatic carbocycles. The van der Waals surface area contributed by atoms with Crippen molar-refractivity contribution >= 4 is 23.4 Å². The van der Waals surface area contributed by atoms with E-state index in [1.165, 1.54) is 0 Å². The zero-order chi connectivity index (χ0) is 25.4. The number of carboxylic acid groups (broad SMARTS) is 1. The number of nitrogen functional groups attached to an aromatic ring is 2. The molecule has 3 rings (SSSR count). The first-order valence-electron chi connectivity index (χ1n) is 11.1. The summed E-state index contributed by atoms with van der Waals surface area (Å²) in [7, 11) is 0. The summed E-state index contributed by atoms with van der Waals surface area (Å²) in [6.07, 6.45) is 0.0735. The summed E-state index contributed by atoms with van der Waals surface area (Å²) in [6, 6.07) is 22.5. The lowest BCUT2D eigenvalue weighted by Crippen LogP contribution is -2.32. The number of carboxylic acids is 1. The molecule has 3 aromatic rings. The third-order valence-corrected chi connectivity index (χ3v) is 5.73. The molecule has 0 spiro atoms. The van der Waals surface area contributed by atoms with E-state index in [0.29, 0.717) is 28.9 Å². The average Bonchev–Trinajstić information content (AvgIpc) is 2.85. The van der Waals surface area contributed by atoms with E-state index in [1.54, 1.807) is 48.5 Å². The molecule has 8 nitrogen and oxygen atoms in total. The molecule has 7 N–H and O–H groups in total. The molecule has 0 aliphatic rings. The number of nitrogens with one attached hydrogen (secondary N) is 2. The molecular formula is C27H28N4O4. The van der Waals surface area contributed by atoms with Crippen LogP contribution in [0.3, 0.4) is 0 Å². The third-order valence-electron chi connectivity index (χ3n) is 5.73. The molecule has 0 radical (unpaired) electrons. The summed E-state index contributed by atoms with van der Waals surface area (Å²) >= 11 is 0. The molecule has 0 fully saturated rings. The maximum atomic E-state index is 13.6. The Kier molecular flexibility index (Phi) is 8.34. The molecule has 0 saturated heterocycles. The number of amidine groups is 2. The number of carbonyl (C=O) groups excluding carboxylic acids is 1. The van der Waals surface area contributed by atoms with Gasteiger partial charge in [-0.05, 0) is 24.1 Å². The lowest BCUT2D eigenvalue weighted by molar-refractivity contribution is -0.138. The van der Waals surface area contributed by atoms with Crippen molar-refractivity contribution in [2.24, 2.45) is 23.3 Å².